The first-order chi connectivity index (χ1) is 15.6. The van der Waals surface area contributed by atoms with Gasteiger partial charge in [0.15, 0.2) is 24.0 Å². The van der Waals surface area contributed by atoms with Gasteiger partial charge in [-0.3, -0.25) is 4.57 Å². The number of hydrogen-bond acceptors (Lipinski definition) is 13. The van der Waals surface area contributed by atoms with Gasteiger partial charge in [0.2, 0.25) is 10.9 Å². The minimum absolute atomic E-state index is 0.00188. The number of aliphatic hydroxyl groups is 4. The van der Waals surface area contributed by atoms with Crippen LogP contribution in [-0.2, 0) is 20.7 Å². The summed E-state index contributed by atoms with van der Waals surface area (Å²) in [5.41, 5.74) is 3.62. The molecule has 1 aliphatic rings. The normalized spacial score (nSPS) is 25.0. The second-order valence-electron chi connectivity index (χ2n) is 7.23. The number of aliphatic carboxylic acids is 1. The van der Waals surface area contributed by atoms with E-state index in [0.717, 1.165) is 11.3 Å². The van der Waals surface area contributed by atoms with Crippen molar-refractivity contribution in [2.45, 2.75) is 42.9 Å². The number of carboxylic acid groups (broad SMARTS) is 1. The quantitative estimate of drug-likeness (QED) is 0.153. The molecule has 0 spiro atoms. The number of ether oxygens (including phenoxy) is 2. The van der Waals surface area contributed by atoms with E-state index in [1.807, 2.05) is 0 Å². The highest BCUT2D eigenvalue weighted by atomic mass is 35.5. The van der Waals surface area contributed by atoms with Crippen LogP contribution in [0.4, 0.5) is 5.82 Å². The molecule has 0 radical (unpaired) electrons. The van der Waals surface area contributed by atoms with Crippen LogP contribution in [0.1, 0.15) is 11.2 Å². The smallest absolute Gasteiger partial charge is 0.341 e. The molecule has 0 aliphatic carbocycles. The largest absolute Gasteiger partial charge is 0.479 e. The number of nitrogens with two attached hydrogens (primary N) is 1. The van der Waals surface area contributed by atoms with E-state index in [1.54, 1.807) is 5.38 Å². The molecule has 0 saturated carbocycles. The summed E-state index contributed by atoms with van der Waals surface area (Å²) in [6.45, 7) is -0.603. The summed E-state index contributed by atoms with van der Waals surface area (Å²) in [6, 6.07) is 0. The maximum Gasteiger partial charge on any atom is 0.341 e. The van der Waals surface area contributed by atoms with Gasteiger partial charge >= 0.3 is 5.97 Å². The lowest BCUT2D eigenvalue weighted by molar-refractivity contribution is -0.231. The van der Waals surface area contributed by atoms with Gasteiger partial charge in [-0.25, -0.2) is 14.8 Å². The Morgan fingerprint density at radius 1 is 1.33 bits per heavy atom. The Morgan fingerprint density at radius 3 is 2.73 bits per heavy atom. The first-order valence-corrected chi connectivity index (χ1v) is 10.7. The molecule has 1 aliphatic heterocycles. The number of carboxylic acids is 1. The summed E-state index contributed by atoms with van der Waals surface area (Å²) in [5, 5.41) is 52.1. The fourth-order valence-corrected chi connectivity index (χ4v) is 4.32. The summed E-state index contributed by atoms with van der Waals surface area (Å²) in [5.74, 6) is -1.65. The Morgan fingerprint density at radius 2 is 2.09 bits per heavy atom. The Kier molecular flexibility index (Phi) is 6.47. The summed E-state index contributed by atoms with van der Waals surface area (Å²) in [7, 11) is 0. The molecule has 3 aromatic heterocycles. The lowest BCUT2D eigenvalue weighted by Gasteiger charge is -2.31. The highest BCUT2D eigenvalue weighted by molar-refractivity contribution is 7.09. The maximum absolute atomic E-state index is 11.9. The Hall–Kier alpha value is -2.50. The van der Waals surface area contributed by atoms with Crippen molar-refractivity contribution in [1.29, 1.82) is 0 Å². The second-order valence-corrected chi connectivity index (χ2v) is 8.55. The van der Waals surface area contributed by atoms with Crippen molar-refractivity contribution in [2.75, 3.05) is 12.3 Å². The number of carbonyl (C=O) groups is 1. The maximum atomic E-state index is 11.9. The van der Waals surface area contributed by atoms with Gasteiger partial charge in [-0.05, 0) is 11.6 Å². The molecule has 14 nitrogen and oxygen atoms in total. The third-order valence-corrected chi connectivity index (χ3v) is 6.16. The van der Waals surface area contributed by atoms with Gasteiger partial charge in [-0.15, -0.1) is 11.3 Å². The van der Waals surface area contributed by atoms with Gasteiger partial charge < -0.3 is 40.7 Å². The van der Waals surface area contributed by atoms with E-state index in [0.29, 0.717) is 0 Å². The number of fused-ring (bicyclic) bond motifs is 1. The Bertz CT molecular complexity index is 1150. The van der Waals surface area contributed by atoms with Crippen LogP contribution in [0.5, 0.6) is 0 Å². The second kappa shape index (κ2) is 9.03. The molecule has 16 heteroatoms. The van der Waals surface area contributed by atoms with Crippen LogP contribution in [0.25, 0.3) is 11.2 Å². The van der Waals surface area contributed by atoms with Crippen molar-refractivity contribution < 1.29 is 39.8 Å². The number of halogens is 1. The number of anilines is 1. The highest BCUT2D eigenvalue weighted by Gasteiger charge is 2.51. The predicted molar refractivity (Wildman–Crippen MR) is 111 cm³/mol. The molecule has 5 atom stereocenters. The van der Waals surface area contributed by atoms with Crippen molar-refractivity contribution in [3.05, 3.63) is 28.2 Å². The van der Waals surface area contributed by atoms with Gasteiger partial charge in [-0.1, -0.05) is 0 Å². The van der Waals surface area contributed by atoms with Crippen molar-refractivity contribution in [1.82, 2.24) is 24.5 Å². The van der Waals surface area contributed by atoms with Gasteiger partial charge in [-0.2, -0.15) is 9.97 Å². The van der Waals surface area contributed by atoms with Gasteiger partial charge in [0.1, 0.15) is 23.8 Å². The zero-order valence-corrected chi connectivity index (χ0v) is 18.2. The van der Waals surface area contributed by atoms with E-state index in [2.05, 4.69) is 19.9 Å². The average Bonchev–Trinajstić information content (AvgIpc) is 3.46. The number of nitrogen functional groups attached to an aromatic ring is 1. The van der Waals surface area contributed by atoms with Crippen molar-refractivity contribution in [2.24, 2.45) is 0 Å². The van der Waals surface area contributed by atoms with Crippen LogP contribution in [0, 0.1) is 0 Å². The Labute approximate surface area is 193 Å². The van der Waals surface area contributed by atoms with Crippen molar-refractivity contribution >= 4 is 45.9 Å². The molecule has 7 N–H and O–H groups in total. The van der Waals surface area contributed by atoms with Crippen LogP contribution in [0.3, 0.4) is 0 Å². The monoisotopic (exact) mass is 502 g/mol. The highest BCUT2D eigenvalue weighted by Crippen LogP contribution is 2.34. The van der Waals surface area contributed by atoms with Crippen molar-refractivity contribution in [3.8, 4) is 0 Å². The van der Waals surface area contributed by atoms with E-state index in [1.165, 1.54) is 17.1 Å². The number of aliphatic hydroxyl groups excluding tert-OH is 3. The number of imidazole rings is 1. The molecule has 178 valence electrons. The van der Waals surface area contributed by atoms with Crippen LogP contribution < -0.4 is 5.73 Å². The molecule has 1 saturated heterocycles. The van der Waals surface area contributed by atoms with Gasteiger partial charge in [0.25, 0.3) is 0 Å². The van der Waals surface area contributed by atoms with Crippen LogP contribution in [-0.4, -0.2) is 92.8 Å². The zero-order valence-electron chi connectivity index (χ0n) is 16.6. The summed E-state index contributed by atoms with van der Waals surface area (Å²) >= 11 is 6.95. The predicted octanol–water partition coefficient (Wildman–Crippen LogP) is -1.47. The zero-order chi connectivity index (χ0) is 23.9. The molecule has 1 fully saturated rings. The molecule has 0 aromatic carbocycles. The molecule has 3 aromatic rings. The first kappa shape index (κ1) is 23.7. The lowest BCUT2D eigenvalue weighted by Crippen LogP contribution is -2.55. The topological polar surface area (TPSA) is 219 Å². The fraction of sp³-hybridized carbons (Fsp3) is 0.471. The molecule has 0 amide bonds. The van der Waals surface area contributed by atoms with E-state index in [4.69, 9.17) is 26.8 Å². The molecular weight excluding hydrogens is 484 g/mol. The minimum Gasteiger partial charge on any atom is -0.479 e. The van der Waals surface area contributed by atoms with E-state index in [-0.39, 0.29) is 27.3 Å². The van der Waals surface area contributed by atoms with Crippen LogP contribution in [0.2, 0.25) is 5.28 Å². The number of aromatic nitrogens is 5. The van der Waals surface area contributed by atoms with Crippen LogP contribution >= 0.6 is 22.9 Å². The first-order valence-electron chi connectivity index (χ1n) is 9.43. The number of rotatable bonds is 8. The summed E-state index contributed by atoms with van der Waals surface area (Å²) in [6.07, 6.45) is -5.65. The molecule has 4 rings (SSSR count). The van der Waals surface area contributed by atoms with E-state index < -0.39 is 55.4 Å². The number of nitrogens with zero attached hydrogens (tertiary/aromatic N) is 5. The standard InChI is InChI=1S/C17H19ClN6O8S/c18-16-22-11(19)8-12(23-16)24(5-21-8)13-10(26)9(25)6(32-13)4-31-17(14(27)28,15(29)30)3-7-20-1-2-33-7/h1-2,5-6,9-10,13-14,25-28H,3-4H2,(H,29,30)(H2,19,22,23)/t6-,9-,10-,13-,17?/m1/s1. The SMILES string of the molecule is Nc1nc(Cl)nc2c1ncn2[C@@H]1O[C@H](COC(Cc2nccs2)(C(=O)O)C(O)O)[C@@H](O)[C@H]1O. The fourth-order valence-electron chi connectivity index (χ4n) is 3.45. The van der Waals surface area contributed by atoms with E-state index in [9.17, 15) is 30.3 Å². The van der Waals surface area contributed by atoms with Crippen molar-refractivity contribution in [3.63, 3.8) is 0 Å². The minimum atomic E-state index is -2.49. The summed E-state index contributed by atoms with van der Waals surface area (Å²) < 4.78 is 12.4. The Balaban J connectivity index is 1.56. The van der Waals surface area contributed by atoms with E-state index >= 15 is 0 Å². The number of hydrogen-bond donors (Lipinski definition) is 6. The summed E-state index contributed by atoms with van der Waals surface area (Å²) in [4.78, 5) is 27.7. The molecule has 0 bridgehead atoms. The lowest BCUT2D eigenvalue weighted by atomic mass is 9.99. The molecule has 4 heterocycles. The van der Waals surface area contributed by atoms with Crippen LogP contribution in [0.15, 0.2) is 17.9 Å². The average molecular weight is 503 g/mol. The molecule has 1 unspecified atom stereocenters. The third kappa shape index (κ3) is 4.24. The molecule has 33 heavy (non-hydrogen) atoms. The molecular formula is C17H19ClN6O8S. The van der Waals surface area contributed by atoms with Gasteiger partial charge in [0, 0.05) is 18.0 Å². The third-order valence-electron chi connectivity index (χ3n) is 5.21. The van der Waals surface area contributed by atoms with Gasteiger partial charge in [0.05, 0.1) is 17.9 Å². The number of thiazole rings is 1.